The lowest BCUT2D eigenvalue weighted by Gasteiger charge is -2.35. The largest absolute Gasteiger partial charge is 0.368 e. The molecule has 7 heteroatoms. The molecule has 0 spiro atoms. The summed E-state index contributed by atoms with van der Waals surface area (Å²) < 4.78 is 24.5. The molecular weight excluding hydrogens is 310 g/mol. The lowest BCUT2D eigenvalue weighted by molar-refractivity contribution is 0.388. The van der Waals surface area contributed by atoms with Crippen molar-refractivity contribution >= 4 is 27.3 Å². The maximum Gasteiger partial charge on any atom is 0.211 e. The Hall–Kier alpha value is -0.820. The fourth-order valence-electron chi connectivity index (χ4n) is 2.45. The molecule has 0 aromatic heterocycles. The van der Waals surface area contributed by atoms with Gasteiger partial charge in [0.1, 0.15) is 0 Å². The van der Waals surface area contributed by atoms with Crippen molar-refractivity contribution in [3.63, 3.8) is 0 Å². The minimum absolute atomic E-state index is 0.508. The van der Waals surface area contributed by atoms with Crippen molar-refractivity contribution in [3.05, 3.63) is 28.8 Å². The Kier molecular flexibility index (Phi) is 5.48. The van der Waals surface area contributed by atoms with Crippen molar-refractivity contribution in [2.45, 2.75) is 13.5 Å². The summed E-state index contributed by atoms with van der Waals surface area (Å²) in [7, 11) is -3.09. The highest BCUT2D eigenvalue weighted by Gasteiger charge is 2.24. The number of piperazine rings is 1. The van der Waals surface area contributed by atoms with Gasteiger partial charge in [-0.15, -0.1) is 0 Å². The van der Waals surface area contributed by atoms with E-state index < -0.39 is 10.0 Å². The number of anilines is 1. The van der Waals surface area contributed by atoms with Gasteiger partial charge in [0.15, 0.2) is 0 Å². The van der Waals surface area contributed by atoms with Gasteiger partial charge in [0.25, 0.3) is 0 Å². The Bertz CT molecular complexity index is 584. The smallest absolute Gasteiger partial charge is 0.211 e. The molecule has 5 nitrogen and oxygen atoms in total. The molecule has 1 heterocycles. The van der Waals surface area contributed by atoms with Crippen LogP contribution < -0.4 is 10.2 Å². The van der Waals surface area contributed by atoms with Crippen molar-refractivity contribution < 1.29 is 8.42 Å². The highest BCUT2D eigenvalue weighted by molar-refractivity contribution is 7.88. The van der Waals surface area contributed by atoms with E-state index in [9.17, 15) is 8.42 Å². The van der Waals surface area contributed by atoms with Crippen LogP contribution in [0.1, 0.15) is 12.5 Å². The number of nitrogens with zero attached hydrogens (tertiary/aromatic N) is 2. The topological polar surface area (TPSA) is 52.6 Å². The Labute approximate surface area is 131 Å². The fraction of sp³-hybridized carbons (Fsp3) is 0.571. The van der Waals surface area contributed by atoms with Crippen molar-refractivity contribution in [1.82, 2.24) is 9.62 Å². The predicted octanol–water partition coefficient (Wildman–Crippen LogP) is 1.53. The standard InChI is InChI=1S/C14H22ClN3O2S/c1-3-16-11-12-4-5-14(13(15)10-12)17-6-8-18(9-7-17)21(2,19)20/h4-5,10,16H,3,6-9,11H2,1-2H3. The first-order valence-electron chi connectivity index (χ1n) is 7.11. The van der Waals surface area contributed by atoms with Gasteiger partial charge in [0.05, 0.1) is 17.0 Å². The minimum Gasteiger partial charge on any atom is -0.368 e. The van der Waals surface area contributed by atoms with Crippen LogP contribution in [0.15, 0.2) is 18.2 Å². The highest BCUT2D eigenvalue weighted by atomic mass is 35.5. The van der Waals surface area contributed by atoms with Crippen molar-refractivity contribution in [3.8, 4) is 0 Å². The number of halogens is 1. The summed E-state index contributed by atoms with van der Waals surface area (Å²) in [6.07, 6.45) is 1.26. The first kappa shape index (κ1) is 16.5. The molecule has 21 heavy (non-hydrogen) atoms. The summed E-state index contributed by atoms with van der Waals surface area (Å²) in [5, 5.41) is 3.99. The number of sulfonamides is 1. The quantitative estimate of drug-likeness (QED) is 0.889. The Morgan fingerprint density at radius 2 is 1.90 bits per heavy atom. The van der Waals surface area contributed by atoms with Gasteiger partial charge in [0.2, 0.25) is 10.0 Å². The lowest BCUT2D eigenvalue weighted by Crippen LogP contribution is -2.48. The molecular formula is C14H22ClN3O2S. The molecule has 0 saturated carbocycles. The van der Waals surface area contributed by atoms with E-state index in [1.165, 1.54) is 10.6 Å². The van der Waals surface area contributed by atoms with Crippen LogP contribution in [-0.4, -0.2) is 51.7 Å². The summed E-state index contributed by atoms with van der Waals surface area (Å²) in [6.45, 7) is 6.14. The summed E-state index contributed by atoms with van der Waals surface area (Å²) >= 11 is 6.37. The molecule has 0 aliphatic carbocycles. The van der Waals surface area contributed by atoms with Gasteiger partial charge >= 0.3 is 0 Å². The molecule has 1 N–H and O–H groups in total. The van der Waals surface area contributed by atoms with Crippen LogP contribution in [0.5, 0.6) is 0 Å². The first-order valence-corrected chi connectivity index (χ1v) is 9.33. The van der Waals surface area contributed by atoms with Crippen LogP contribution in [0, 0.1) is 0 Å². The molecule has 1 aliphatic rings. The van der Waals surface area contributed by atoms with Gasteiger partial charge in [-0.3, -0.25) is 0 Å². The molecule has 1 fully saturated rings. The molecule has 0 amide bonds. The minimum atomic E-state index is -3.09. The lowest BCUT2D eigenvalue weighted by atomic mass is 10.2. The predicted molar refractivity (Wildman–Crippen MR) is 87.5 cm³/mol. The summed E-state index contributed by atoms with van der Waals surface area (Å²) in [5.41, 5.74) is 2.13. The third-order valence-electron chi connectivity index (χ3n) is 3.64. The van der Waals surface area contributed by atoms with E-state index in [2.05, 4.69) is 23.2 Å². The van der Waals surface area contributed by atoms with Crippen molar-refractivity contribution in [2.24, 2.45) is 0 Å². The van der Waals surface area contributed by atoms with Crippen LogP contribution in [0.3, 0.4) is 0 Å². The van der Waals surface area contributed by atoms with E-state index in [-0.39, 0.29) is 0 Å². The summed E-state index contributed by atoms with van der Waals surface area (Å²) in [6, 6.07) is 6.06. The van der Waals surface area contributed by atoms with E-state index in [4.69, 9.17) is 11.6 Å². The average Bonchev–Trinajstić information content (AvgIpc) is 2.44. The SMILES string of the molecule is CCNCc1ccc(N2CCN(S(C)(=O)=O)CC2)c(Cl)c1. The van der Waals surface area contributed by atoms with E-state index in [1.807, 2.05) is 12.1 Å². The van der Waals surface area contributed by atoms with Gasteiger partial charge in [-0.2, -0.15) is 4.31 Å². The normalized spacial score (nSPS) is 17.2. The molecule has 118 valence electrons. The zero-order valence-corrected chi connectivity index (χ0v) is 14.0. The maximum absolute atomic E-state index is 11.5. The molecule has 0 atom stereocenters. The molecule has 1 aromatic carbocycles. The number of benzene rings is 1. The third kappa shape index (κ3) is 4.32. The highest BCUT2D eigenvalue weighted by Crippen LogP contribution is 2.28. The summed E-state index contributed by atoms with van der Waals surface area (Å²) in [4.78, 5) is 2.14. The zero-order chi connectivity index (χ0) is 15.5. The first-order chi connectivity index (χ1) is 9.91. The van der Waals surface area contributed by atoms with Gasteiger partial charge in [0, 0.05) is 32.7 Å². The van der Waals surface area contributed by atoms with Crippen LogP contribution >= 0.6 is 11.6 Å². The second-order valence-electron chi connectivity index (χ2n) is 5.22. The van der Waals surface area contributed by atoms with E-state index in [1.54, 1.807) is 0 Å². The number of nitrogens with one attached hydrogen (secondary N) is 1. The van der Waals surface area contributed by atoms with Crippen LogP contribution in [0.4, 0.5) is 5.69 Å². The maximum atomic E-state index is 11.5. The second kappa shape index (κ2) is 6.96. The molecule has 1 aromatic rings. The zero-order valence-electron chi connectivity index (χ0n) is 12.5. The van der Waals surface area contributed by atoms with Crippen LogP contribution in [0.25, 0.3) is 0 Å². The van der Waals surface area contributed by atoms with E-state index in [0.717, 1.165) is 29.4 Å². The number of hydrogen-bond acceptors (Lipinski definition) is 4. The van der Waals surface area contributed by atoms with Crippen molar-refractivity contribution in [1.29, 1.82) is 0 Å². The Morgan fingerprint density at radius 1 is 1.24 bits per heavy atom. The number of hydrogen-bond donors (Lipinski definition) is 1. The van der Waals surface area contributed by atoms with E-state index >= 15 is 0 Å². The van der Waals surface area contributed by atoms with Crippen LogP contribution in [0.2, 0.25) is 5.02 Å². The molecule has 0 unspecified atom stereocenters. The van der Waals surface area contributed by atoms with Gasteiger partial charge in [-0.25, -0.2) is 8.42 Å². The Balaban J connectivity index is 2.03. The van der Waals surface area contributed by atoms with Gasteiger partial charge < -0.3 is 10.2 Å². The van der Waals surface area contributed by atoms with Crippen LogP contribution in [-0.2, 0) is 16.6 Å². The second-order valence-corrected chi connectivity index (χ2v) is 7.60. The van der Waals surface area contributed by atoms with Gasteiger partial charge in [-0.05, 0) is 24.2 Å². The van der Waals surface area contributed by atoms with Crippen molar-refractivity contribution in [2.75, 3.05) is 43.9 Å². The molecule has 0 bridgehead atoms. The molecule has 1 saturated heterocycles. The van der Waals surface area contributed by atoms with E-state index in [0.29, 0.717) is 26.2 Å². The molecule has 2 rings (SSSR count). The third-order valence-corrected chi connectivity index (χ3v) is 5.25. The fourth-order valence-corrected chi connectivity index (χ4v) is 3.60. The number of rotatable bonds is 5. The van der Waals surface area contributed by atoms with Gasteiger partial charge in [-0.1, -0.05) is 24.6 Å². The average molecular weight is 332 g/mol. The molecule has 1 aliphatic heterocycles. The molecule has 0 radical (unpaired) electrons. The summed E-state index contributed by atoms with van der Waals surface area (Å²) in [5.74, 6) is 0. The Morgan fingerprint density at radius 3 is 2.43 bits per heavy atom. The monoisotopic (exact) mass is 331 g/mol.